The summed E-state index contributed by atoms with van der Waals surface area (Å²) >= 11 is 5.94. The van der Waals surface area contributed by atoms with Gasteiger partial charge in [-0.2, -0.15) is 0 Å². The van der Waals surface area contributed by atoms with Crippen LogP contribution in [0.25, 0.3) is 0 Å². The molecule has 3 saturated carbocycles. The molecule has 3 aliphatic rings. The first kappa shape index (κ1) is 19.9. The van der Waals surface area contributed by atoms with E-state index >= 15 is 0 Å². The van der Waals surface area contributed by atoms with Crippen molar-refractivity contribution in [2.24, 2.45) is 29.1 Å². The van der Waals surface area contributed by atoms with Gasteiger partial charge in [-0.1, -0.05) is 51.1 Å². The van der Waals surface area contributed by atoms with Crippen LogP contribution in [0.5, 0.6) is 0 Å². The molecular formula is C22H31ClO2S. The zero-order chi connectivity index (χ0) is 19.1. The minimum Gasteiger partial charge on any atom is -0.223 e. The zero-order valence-corrected chi connectivity index (χ0v) is 17.7. The van der Waals surface area contributed by atoms with Gasteiger partial charge in [0.15, 0.2) is 9.84 Å². The molecule has 144 valence electrons. The van der Waals surface area contributed by atoms with Gasteiger partial charge in [0, 0.05) is 5.88 Å². The van der Waals surface area contributed by atoms with E-state index in [0.29, 0.717) is 34.4 Å². The predicted octanol–water partition coefficient (Wildman–Crippen LogP) is 5.72. The highest BCUT2D eigenvalue weighted by Crippen LogP contribution is 2.63. The number of alkyl halides is 1. The summed E-state index contributed by atoms with van der Waals surface area (Å²) in [5, 5.41) is -0.427. The molecule has 0 aliphatic heterocycles. The Morgan fingerprint density at radius 1 is 1.27 bits per heavy atom. The van der Waals surface area contributed by atoms with Gasteiger partial charge in [0.05, 0.1) is 10.1 Å². The summed E-state index contributed by atoms with van der Waals surface area (Å²) in [6.45, 7) is 11.1. The molecule has 0 aromatic heterocycles. The van der Waals surface area contributed by atoms with Crippen LogP contribution >= 0.6 is 11.6 Å². The molecule has 1 aromatic rings. The van der Waals surface area contributed by atoms with Crippen molar-refractivity contribution in [2.75, 3.05) is 5.88 Å². The summed E-state index contributed by atoms with van der Waals surface area (Å²) < 4.78 is 26.6. The zero-order valence-electron chi connectivity index (χ0n) is 16.1. The SMILES string of the molecule is C=C(CCl)CC(C[C@@H]1C[C@@H]2C[C@H]([C@H]1C)C2(C)C)S(=O)(=O)c1ccccc1. The van der Waals surface area contributed by atoms with Crippen molar-refractivity contribution in [3.05, 3.63) is 42.5 Å². The maximum atomic E-state index is 13.3. The average molecular weight is 395 g/mol. The van der Waals surface area contributed by atoms with E-state index in [1.807, 2.05) is 6.07 Å². The van der Waals surface area contributed by atoms with E-state index in [2.05, 4.69) is 27.4 Å². The highest BCUT2D eigenvalue weighted by atomic mass is 35.5. The molecule has 3 aliphatic carbocycles. The fourth-order valence-electron chi connectivity index (χ4n) is 5.40. The third-order valence-electron chi connectivity index (χ3n) is 7.29. The van der Waals surface area contributed by atoms with Crippen LogP contribution in [-0.2, 0) is 9.84 Å². The van der Waals surface area contributed by atoms with Gasteiger partial charge in [-0.3, -0.25) is 0 Å². The van der Waals surface area contributed by atoms with Crippen molar-refractivity contribution < 1.29 is 8.42 Å². The van der Waals surface area contributed by atoms with Crippen molar-refractivity contribution in [1.29, 1.82) is 0 Å². The highest BCUT2D eigenvalue weighted by Gasteiger charge is 2.56. The largest absolute Gasteiger partial charge is 0.223 e. The highest BCUT2D eigenvalue weighted by molar-refractivity contribution is 7.92. The standard InChI is InChI=1S/C22H31ClO2S/c1-15(14-23)10-20(26(24,25)19-8-6-5-7-9-19)12-17-11-18-13-21(16(17)2)22(18,3)4/h5-9,16-18,20-21H,1,10-14H2,2-4H3/t16-,17-,18+,20?,21+/m0/s1. The van der Waals surface area contributed by atoms with E-state index in [4.69, 9.17) is 11.6 Å². The Morgan fingerprint density at radius 2 is 1.92 bits per heavy atom. The van der Waals surface area contributed by atoms with Crippen LogP contribution in [0.2, 0.25) is 0 Å². The molecule has 0 radical (unpaired) electrons. The summed E-state index contributed by atoms with van der Waals surface area (Å²) in [7, 11) is -3.38. The normalized spacial score (nSPS) is 31.1. The van der Waals surface area contributed by atoms with Gasteiger partial charge in [-0.05, 0) is 66.9 Å². The summed E-state index contributed by atoms with van der Waals surface area (Å²) in [6, 6.07) is 8.85. The number of halogens is 1. The van der Waals surface area contributed by atoms with Gasteiger partial charge >= 0.3 is 0 Å². The Morgan fingerprint density at radius 3 is 2.46 bits per heavy atom. The minimum atomic E-state index is -3.38. The fraction of sp³-hybridized carbons (Fsp3) is 0.636. The summed E-state index contributed by atoms with van der Waals surface area (Å²) in [6.07, 6.45) is 3.65. The Hall–Kier alpha value is -0.800. The van der Waals surface area contributed by atoms with E-state index in [1.165, 1.54) is 6.42 Å². The molecule has 0 saturated heterocycles. The van der Waals surface area contributed by atoms with Crippen molar-refractivity contribution in [1.82, 2.24) is 0 Å². The van der Waals surface area contributed by atoms with Gasteiger partial charge in [-0.25, -0.2) is 8.42 Å². The molecule has 26 heavy (non-hydrogen) atoms. The van der Waals surface area contributed by atoms with Crippen LogP contribution in [0.3, 0.4) is 0 Å². The predicted molar refractivity (Wildman–Crippen MR) is 109 cm³/mol. The van der Waals surface area contributed by atoms with Crippen LogP contribution in [0.4, 0.5) is 0 Å². The molecule has 3 fully saturated rings. The minimum absolute atomic E-state index is 0.319. The third-order valence-corrected chi connectivity index (χ3v) is 9.84. The number of allylic oxidation sites excluding steroid dienone is 1. The molecule has 0 heterocycles. The van der Waals surface area contributed by atoms with Gasteiger partial charge in [0.25, 0.3) is 0 Å². The van der Waals surface area contributed by atoms with Crippen LogP contribution in [0.1, 0.15) is 46.5 Å². The second-order valence-corrected chi connectivity index (χ2v) is 11.5. The third kappa shape index (κ3) is 3.49. The molecule has 2 bridgehead atoms. The number of hydrogen-bond acceptors (Lipinski definition) is 2. The number of benzene rings is 1. The van der Waals surface area contributed by atoms with E-state index in [9.17, 15) is 8.42 Å². The molecule has 4 heteroatoms. The van der Waals surface area contributed by atoms with Crippen molar-refractivity contribution in [3.63, 3.8) is 0 Å². The second-order valence-electron chi connectivity index (χ2n) is 9.02. The van der Waals surface area contributed by atoms with E-state index in [1.54, 1.807) is 24.3 Å². The van der Waals surface area contributed by atoms with Gasteiger partial charge < -0.3 is 0 Å². The van der Waals surface area contributed by atoms with Crippen LogP contribution in [-0.4, -0.2) is 19.5 Å². The van der Waals surface area contributed by atoms with Crippen molar-refractivity contribution >= 4 is 21.4 Å². The van der Waals surface area contributed by atoms with E-state index < -0.39 is 15.1 Å². The topological polar surface area (TPSA) is 34.1 Å². The smallest absolute Gasteiger partial charge is 0.181 e. The summed E-state index contributed by atoms with van der Waals surface area (Å²) in [5.41, 5.74) is 1.23. The quantitative estimate of drug-likeness (QED) is 0.437. The molecule has 0 N–H and O–H groups in total. The first-order valence-corrected chi connectivity index (χ1v) is 11.8. The monoisotopic (exact) mass is 394 g/mol. The number of sulfone groups is 1. The molecule has 1 unspecified atom stereocenters. The molecular weight excluding hydrogens is 364 g/mol. The molecule has 4 rings (SSSR count). The number of fused-ring (bicyclic) bond motifs is 2. The number of hydrogen-bond donors (Lipinski definition) is 0. The lowest BCUT2D eigenvalue weighted by Crippen LogP contribution is -2.55. The molecule has 2 nitrogen and oxygen atoms in total. The molecule has 0 spiro atoms. The van der Waals surface area contributed by atoms with Crippen molar-refractivity contribution in [3.8, 4) is 0 Å². The van der Waals surface area contributed by atoms with E-state index in [-0.39, 0.29) is 0 Å². The van der Waals surface area contributed by atoms with Gasteiger partial charge in [0.1, 0.15) is 0 Å². The second kappa shape index (κ2) is 7.31. The Kier molecular flexibility index (Phi) is 5.61. The fourth-order valence-corrected chi connectivity index (χ4v) is 7.39. The van der Waals surface area contributed by atoms with Crippen molar-refractivity contribution in [2.45, 2.75) is 56.6 Å². The van der Waals surface area contributed by atoms with Gasteiger partial charge in [-0.15, -0.1) is 11.6 Å². The van der Waals surface area contributed by atoms with Crippen LogP contribution < -0.4 is 0 Å². The maximum absolute atomic E-state index is 13.3. The van der Waals surface area contributed by atoms with E-state index in [0.717, 1.165) is 30.3 Å². The summed E-state index contributed by atoms with van der Waals surface area (Å²) in [4.78, 5) is 0.418. The number of rotatable bonds is 7. The lowest BCUT2D eigenvalue weighted by molar-refractivity contribution is -0.129. The lowest BCUT2D eigenvalue weighted by atomic mass is 9.43. The Labute approximate surface area is 163 Å². The maximum Gasteiger partial charge on any atom is 0.181 e. The van der Waals surface area contributed by atoms with Gasteiger partial charge in [0.2, 0.25) is 0 Å². The summed E-state index contributed by atoms with van der Waals surface area (Å²) in [5.74, 6) is 2.83. The molecule has 0 amide bonds. The van der Waals surface area contributed by atoms with Crippen LogP contribution in [0.15, 0.2) is 47.4 Å². The first-order chi connectivity index (χ1) is 12.2. The Balaban J connectivity index is 1.83. The van der Waals surface area contributed by atoms with Crippen LogP contribution in [0, 0.1) is 29.1 Å². The molecule has 1 aromatic carbocycles. The Bertz CT molecular complexity index is 754. The molecule has 5 atom stereocenters. The first-order valence-electron chi connectivity index (χ1n) is 9.69. The lowest BCUT2D eigenvalue weighted by Gasteiger charge is -2.62. The average Bonchev–Trinajstić information content (AvgIpc) is 2.62.